The van der Waals surface area contributed by atoms with Crippen LogP contribution in [0.1, 0.15) is 22.7 Å². The van der Waals surface area contributed by atoms with E-state index in [0.717, 1.165) is 23.3 Å². The van der Waals surface area contributed by atoms with Gasteiger partial charge in [-0.3, -0.25) is 0 Å². The van der Waals surface area contributed by atoms with Crippen LogP contribution in [0.2, 0.25) is 5.02 Å². The standard InChI is InChI=1S/C14H12ClF2N/c1-8-4-2-3-5-9(8)14(18)10-6-13(17)11(15)7-12(10)16/h2-7,14H,18H2,1H3. The normalized spacial score (nSPS) is 12.5. The molecular formula is C14H12ClF2N. The van der Waals surface area contributed by atoms with Gasteiger partial charge >= 0.3 is 0 Å². The minimum Gasteiger partial charge on any atom is -0.320 e. The summed E-state index contributed by atoms with van der Waals surface area (Å²) in [5.74, 6) is -1.27. The first-order valence-electron chi connectivity index (χ1n) is 5.46. The van der Waals surface area contributed by atoms with Crippen LogP contribution in [0.5, 0.6) is 0 Å². The van der Waals surface area contributed by atoms with Crippen molar-refractivity contribution >= 4 is 11.6 Å². The van der Waals surface area contributed by atoms with Crippen LogP contribution in [-0.2, 0) is 0 Å². The molecule has 2 aromatic rings. The highest BCUT2D eigenvalue weighted by Gasteiger charge is 2.17. The molecule has 0 fully saturated rings. The number of hydrogen-bond acceptors (Lipinski definition) is 1. The van der Waals surface area contributed by atoms with Gasteiger partial charge in [0.05, 0.1) is 11.1 Å². The van der Waals surface area contributed by atoms with Crippen LogP contribution in [-0.4, -0.2) is 0 Å². The largest absolute Gasteiger partial charge is 0.320 e. The lowest BCUT2D eigenvalue weighted by atomic mass is 9.95. The van der Waals surface area contributed by atoms with Gasteiger partial charge in [-0.25, -0.2) is 8.78 Å². The second kappa shape index (κ2) is 5.04. The number of benzene rings is 2. The summed E-state index contributed by atoms with van der Waals surface area (Å²) in [7, 11) is 0. The van der Waals surface area contributed by atoms with E-state index in [0.29, 0.717) is 0 Å². The molecule has 4 heteroatoms. The molecule has 0 aromatic heterocycles. The Morgan fingerprint density at radius 2 is 1.72 bits per heavy atom. The highest BCUT2D eigenvalue weighted by atomic mass is 35.5. The highest BCUT2D eigenvalue weighted by molar-refractivity contribution is 6.30. The van der Waals surface area contributed by atoms with Gasteiger partial charge < -0.3 is 5.73 Å². The van der Waals surface area contributed by atoms with Crippen molar-refractivity contribution in [1.29, 1.82) is 0 Å². The van der Waals surface area contributed by atoms with E-state index in [4.69, 9.17) is 17.3 Å². The predicted octanol–water partition coefficient (Wildman–Crippen LogP) is 3.97. The summed E-state index contributed by atoms with van der Waals surface area (Å²) in [6.45, 7) is 1.87. The van der Waals surface area contributed by atoms with E-state index in [-0.39, 0.29) is 10.6 Å². The Labute approximate surface area is 109 Å². The molecule has 0 radical (unpaired) electrons. The SMILES string of the molecule is Cc1ccccc1C(N)c1cc(F)c(Cl)cc1F. The van der Waals surface area contributed by atoms with Crippen LogP contribution in [0.25, 0.3) is 0 Å². The van der Waals surface area contributed by atoms with Gasteiger partial charge in [-0.2, -0.15) is 0 Å². The lowest BCUT2D eigenvalue weighted by Gasteiger charge is -2.16. The smallest absolute Gasteiger partial charge is 0.142 e. The van der Waals surface area contributed by atoms with Crippen LogP contribution < -0.4 is 5.73 Å². The van der Waals surface area contributed by atoms with Crippen molar-refractivity contribution < 1.29 is 8.78 Å². The minimum absolute atomic E-state index is 0.103. The zero-order valence-corrected chi connectivity index (χ0v) is 10.5. The molecule has 0 saturated carbocycles. The Bertz CT molecular complexity index is 584. The van der Waals surface area contributed by atoms with Crippen LogP contribution in [0.15, 0.2) is 36.4 Å². The number of rotatable bonds is 2. The number of hydrogen-bond donors (Lipinski definition) is 1. The summed E-state index contributed by atoms with van der Waals surface area (Å²) in [6.07, 6.45) is 0. The number of nitrogens with two attached hydrogens (primary N) is 1. The fraction of sp³-hybridized carbons (Fsp3) is 0.143. The Morgan fingerprint density at radius 3 is 2.39 bits per heavy atom. The number of halogens is 3. The van der Waals surface area contributed by atoms with Crippen LogP contribution in [0.4, 0.5) is 8.78 Å². The molecule has 18 heavy (non-hydrogen) atoms. The molecule has 0 heterocycles. The van der Waals surface area contributed by atoms with Crippen molar-refractivity contribution in [2.75, 3.05) is 0 Å². The molecule has 1 unspecified atom stereocenters. The fourth-order valence-corrected chi connectivity index (χ4v) is 2.03. The van der Waals surface area contributed by atoms with Crippen LogP contribution in [0.3, 0.4) is 0 Å². The average molecular weight is 268 g/mol. The summed E-state index contributed by atoms with van der Waals surface area (Å²) in [5.41, 5.74) is 7.78. The van der Waals surface area contributed by atoms with Crippen molar-refractivity contribution in [2.24, 2.45) is 5.73 Å². The molecule has 1 nitrogen and oxygen atoms in total. The Balaban J connectivity index is 2.50. The third-order valence-electron chi connectivity index (χ3n) is 2.90. The molecule has 2 rings (SSSR count). The lowest BCUT2D eigenvalue weighted by Crippen LogP contribution is -2.15. The second-order valence-electron chi connectivity index (χ2n) is 4.12. The first-order valence-corrected chi connectivity index (χ1v) is 5.84. The lowest BCUT2D eigenvalue weighted by molar-refractivity contribution is 0.576. The summed E-state index contributed by atoms with van der Waals surface area (Å²) < 4.78 is 27.1. The Kier molecular flexibility index (Phi) is 3.64. The van der Waals surface area contributed by atoms with Crippen molar-refractivity contribution in [3.8, 4) is 0 Å². The molecular weight excluding hydrogens is 256 g/mol. The van der Waals surface area contributed by atoms with E-state index in [2.05, 4.69) is 0 Å². The van der Waals surface area contributed by atoms with Gasteiger partial charge in [0, 0.05) is 5.56 Å². The first kappa shape index (κ1) is 13.0. The maximum atomic E-state index is 13.8. The Hall–Kier alpha value is -1.45. The highest BCUT2D eigenvalue weighted by Crippen LogP contribution is 2.28. The van der Waals surface area contributed by atoms with E-state index in [1.807, 2.05) is 25.1 Å². The Morgan fingerprint density at radius 1 is 1.06 bits per heavy atom. The van der Waals surface area contributed by atoms with Gasteiger partial charge in [0.1, 0.15) is 11.6 Å². The molecule has 0 bridgehead atoms. The molecule has 0 aliphatic heterocycles. The summed E-state index contributed by atoms with van der Waals surface area (Å²) in [5, 5.41) is -0.242. The topological polar surface area (TPSA) is 26.0 Å². The zero-order valence-electron chi connectivity index (χ0n) is 9.75. The second-order valence-corrected chi connectivity index (χ2v) is 4.53. The van der Waals surface area contributed by atoms with Crippen molar-refractivity contribution in [1.82, 2.24) is 0 Å². The van der Waals surface area contributed by atoms with E-state index in [1.165, 1.54) is 0 Å². The molecule has 2 N–H and O–H groups in total. The van der Waals surface area contributed by atoms with Crippen LogP contribution >= 0.6 is 11.6 Å². The van der Waals surface area contributed by atoms with E-state index < -0.39 is 17.7 Å². The van der Waals surface area contributed by atoms with Crippen molar-refractivity contribution in [3.63, 3.8) is 0 Å². The molecule has 0 aliphatic rings. The van der Waals surface area contributed by atoms with E-state index >= 15 is 0 Å². The third-order valence-corrected chi connectivity index (χ3v) is 3.19. The quantitative estimate of drug-likeness (QED) is 0.819. The van der Waals surface area contributed by atoms with Crippen LogP contribution in [0, 0.1) is 18.6 Å². The maximum absolute atomic E-state index is 13.8. The molecule has 2 aromatic carbocycles. The van der Waals surface area contributed by atoms with Gasteiger partial charge in [-0.15, -0.1) is 0 Å². The molecule has 0 amide bonds. The molecule has 94 valence electrons. The predicted molar refractivity (Wildman–Crippen MR) is 68.6 cm³/mol. The third kappa shape index (κ3) is 2.37. The molecule has 1 atom stereocenters. The average Bonchev–Trinajstić information content (AvgIpc) is 2.33. The molecule has 0 aliphatic carbocycles. The summed E-state index contributed by atoms with van der Waals surface area (Å²) >= 11 is 5.51. The van der Waals surface area contributed by atoms with Gasteiger partial charge in [-0.1, -0.05) is 35.9 Å². The van der Waals surface area contributed by atoms with Gasteiger partial charge in [0.2, 0.25) is 0 Å². The maximum Gasteiger partial charge on any atom is 0.142 e. The molecule has 0 spiro atoms. The van der Waals surface area contributed by atoms with Crippen molar-refractivity contribution in [3.05, 3.63) is 69.7 Å². The summed E-state index contributed by atoms with van der Waals surface area (Å²) in [4.78, 5) is 0. The first-order chi connectivity index (χ1) is 8.50. The van der Waals surface area contributed by atoms with E-state index in [1.54, 1.807) is 6.07 Å². The summed E-state index contributed by atoms with van der Waals surface area (Å²) in [6, 6.07) is 8.64. The monoisotopic (exact) mass is 267 g/mol. The zero-order chi connectivity index (χ0) is 13.3. The molecule has 0 saturated heterocycles. The van der Waals surface area contributed by atoms with Crippen molar-refractivity contribution in [2.45, 2.75) is 13.0 Å². The van der Waals surface area contributed by atoms with E-state index in [9.17, 15) is 8.78 Å². The fourth-order valence-electron chi connectivity index (χ4n) is 1.88. The van der Waals surface area contributed by atoms with Gasteiger partial charge in [0.15, 0.2) is 0 Å². The van der Waals surface area contributed by atoms with Gasteiger partial charge in [-0.05, 0) is 30.2 Å². The minimum atomic E-state index is -0.710. The number of aryl methyl sites for hydroxylation is 1. The van der Waals surface area contributed by atoms with Gasteiger partial charge in [0.25, 0.3) is 0 Å².